The Hall–Kier alpha value is -2.57. The first kappa shape index (κ1) is 13.5. The first-order chi connectivity index (χ1) is 8.47. The van der Waals surface area contributed by atoms with Gasteiger partial charge in [0.05, 0.1) is 13.0 Å². The summed E-state index contributed by atoms with van der Waals surface area (Å²) < 4.78 is 0. The van der Waals surface area contributed by atoms with Crippen molar-refractivity contribution in [2.45, 2.75) is 6.42 Å². The zero-order valence-electron chi connectivity index (χ0n) is 9.60. The first-order valence-corrected chi connectivity index (χ1v) is 5.18. The number of nitrogens with two attached hydrogens (primary N) is 2. The monoisotopic (exact) mass is 250 g/mol. The number of ketones is 1. The van der Waals surface area contributed by atoms with E-state index in [1.54, 1.807) is 24.3 Å². The summed E-state index contributed by atoms with van der Waals surface area (Å²) in [7, 11) is 0. The third kappa shape index (κ3) is 4.97. The van der Waals surface area contributed by atoms with Gasteiger partial charge in [0.1, 0.15) is 0 Å². The fourth-order valence-electron chi connectivity index (χ4n) is 1.20. The van der Waals surface area contributed by atoms with E-state index in [0.29, 0.717) is 11.4 Å². The van der Waals surface area contributed by atoms with E-state index < -0.39 is 17.7 Å². The van der Waals surface area contributed by atoms with E-state index in [0.717, 1.165) is 0 Å². The molecule has 0 spiro atoms. The maximum Gasteiger partial charge on any atom is 0.312 e. The van der Waals surface area contributed by atoms with Crippen molar-refractivity contribution >= 4 is 29.1 Å². The van der Waals surface area contributed by atoms with Crippen molar-refractivity contribution in [2.24, 2.45) is 5.73 Å². The van der Waals surface area contributed by atoms with Crippen LogP contribution in [0.15, 0.2) is 24.3 Å². The molecule has 7 nitrogen and oxygen atoms in total. The number of primary amides is 1. The summed E-state index contributed by atoms with van der Waals surface area (Å²) in [4.78, 5) is 33.1. The standard InChI is InChI=1S/C11H14N4O3/c12-7-1-3-8(4-2-7)15-10(17)5-9(16)6-14-11(13)18/h1-4H,5-6,12H2,(H,15,17)(H3,13,14,18). The second-order valence-electron chi connectivity index (χ2n) is 3.60. The molecule has 0 aliphatic heterocycles. The van der Waals surface area contributed by atoms with Gasteiger partial charge in [-0.05, 0) is 24.3 Å². The number of benzene rings is 1. The third-order valence-corrected chi connectivity index (χ3v) is 2.01. The van der Waals surface area contributed by atoms with Gasteiger partial charge in [-0.15, -0.1) is 0 Å². The number of carbonyl (C=O) groups excluding carboxylic acids is 3. The quantitative estimate of drug-likeness (QED) is 0.427. The van der Waals surface area contributed by atoms with Crippen LogP contribution in [0.5, 0.6) is 0 Å². The Morgan fingerprint density at radius 3 is 2.28 bits per heavy atom. The number of hydrogen-bond acceptors (Lipinski definition) is 4. The highest BCUT2D eigenvalue weighted by Crippen LogP contribution is 2.10. The summed E-state index contributed by atoms with van der Waals surface area (Å²) in [6, 6.07) is 5.71. The lowest BCUT2D eigenvalue weighted by Crippen LogP contribution is -2.35. The van der Waals surface area contributed by atoms with Gasteiger partial charge in [0.15, 0.2) is 5.78 Å². The van der Waals surface area contributed by atoms with E-state index >= 15 is 0 Å². The predicted octanol–water partition coefficient (Wildman–Crippen LogP) is -0.165. The molecule has 0 aromatic heterocycles. The lowest BCUT2D eigenvalue weighted by molar-refractivity contribution is -0.124. The minimum Gasteiger partial charge on any atom is -0.399 e. The maximum atomic E-state index is 11.4. The molecule has 0 unspecified atom stereocenters. The molecular formula is C11H14N4O3. The molecule has 96 valence electrons. The Kier molecular flexibility index (Phi) is 4.67. The van der Waals surface area contributed by atoms with Crippen LogP contribution in [0.2, 0.25) is 0 Å². The summed E-state index contributed by atoms with van der Waals surface area (Å²) in [5.41, 5.74) is 11.4. The summed E-state index contributed by atoms with van der Waals surface area (Å²) in [6.45, 7) is -0.259. The van der Waals surface area contributed by atoms with Crippen molar-refractivity contribution in [2.75, 3.05) is 17.6 Å². The molecule has 18 heavy (non-hydrogen) atoms. The van der Waals surface area contributed by atoms with Crippen LogP contribution >= 0.6 is 0 Å². The van der Waals surface area contributed by atoms with E-state index in [4.69, 9.17) is 11.5 Å². The highest BCUT2D eigenvalue weighted by Gasteiger charge is 2.10. The minimum absolute atomic E-state index is 0.259. The largest absolute Gasteiger partial charge is 0.399 e. The number of nitrogens with one attached hydrogen (secondary N) is 2. The molecule has 0 bridgehead atoms. The number of nitrogen functional groups attached to an aromatic ring is 1. The number of hydrogen-bond donors (Lipinski definition) is 4. The molecule has 0 atom stereocenters. The van der Waals surface area contributed by atoms with Crippen LogP contribution in [0.4, 0.5) is 16.2 Å². The topological polar surface area (TPSA) is 127 Å². The van der Waals surface area contributed by atoms with E-state index in [-0.39, 0.29) is 13.0 Å². The lowest BCUT2D eigenvalue weighted by atomic mass is 10.2. The van der Waals surface area contributed by atoms with Gasteiger partial charge in [0.25, 0.3) is 0 Å². The number of anilines is 2. The van der Waals surface area contributed by atoms with Gasteiger partial charge in [-0.3, -0.25) is 9.59 Å². The van der Waals surface area contributed by atoms with Crippen molar-refractivity contribution in [3.8, 4) is 0 Å². The number of urea groups is 1. The molecule has 0 fully saturated rings. The number of Topliss-reactive ketones (excluding diaryl/α,β-unsaturated/α-hetero) is 1. The Balaban J connectivity index is 2.39. The Morgan fingerprint density at radius 2 is 1.72 bits per heavy atom. The maximum absolute atomic E-state index is 11.4. The van der Waals surface area contributed by atoms with Crippen molar-refractivity contribution in [1.29, 1.82) is 0 Å². The summed E-state index contributed by atoms with van der Waals surface area (Å²) >= 11 is 0. The van der Waals surface area contributed by atoms with Gasteiger partial charge >= 0.3 is 6.03 Å². The highest BCUT2D eigenvalue weighted by atomic mass is 16.2. The SMILES string of the molecule is NC(=O)NCC(=O)CC(=O)Nc1ccc(N)cc1. The summed E-state index contributed by atoms with van der Waals surface area (Å²) in [6.07, 6.45) is -0.329. The number of carbonyl (C=O) groups is 3. The van der Waals surface area contributed by atoms with Crippen LogP contribution in [0.25, 0.3) is 0 Å². The molecule has 0 aliphatic carbocycles. The first-order valence-electron chi connectivity index (χ1n) is 5.18. The molecule has 0 radical (unpaired) electrons. The highest BCUT2D eigenvalue weighted by molar-refractivity contribution is 6.05. The fraction of sp³-hybridized carbons (Fsp3) is 0.182. The normalized spacial score (nSPS) is 9.56. The van der Waals surface area contributed by atoms with Crippen molar-refractivity contribution in [3.05, 3.63) is 24.3 Å². The van der Waals surface area contributed by atoms with E-state index in [9.17, 15) is 14.4 Å². The van der Waals surface area contributed by atoms with Crippen LogP contribution < -0.4 is 22.1 Å². The van der Waals surface area contributed by atoms with Gasteiger partial charge in [0, 0.05) is 11.4 Å². The predicted molar refractivity (Wildman–Crippen MR) is 66.7 cm³/mol. The van der Waals surface area contributed by atoms with Crippen LogP contribution in [0, 0.1) is 0 Å². The van der Waals surface area contributed by atoms with Gasteiger partial charge in [-0.2, -0.15) is 0 Å². The molecule has 1 aromatic rings. The molecule has 0 saturated carbocycles. The van der Waals surface area contributed by atoms with Crippen LogP contribution in [-0.4, -0.2) is 24.3 Å². The van der Waals surface area contributed by atoms with Crippen molar-refractivity contribution in [1.82, 2.24) is 5.32 Å². The van der Waals surface area contributed by atoms with Gasteiger partial charge in [-0.25, -0.2) is 4.79 Å². The molecule has 1 aromatic carbocycles. The molecule has 0 saturated heterocycles. The zero-order valence-corrected chi connectivity index (χ0v) is 9.60. The molecule has 3 amide bonds. The Morgan fingerprint density at radius 1 is 1.11 bits per heavy atom. The summed E-state index contributed by atoms with van der Waals surface area (Å²) in [5.74, 6) is -0.891. The average Bonchev–Trinajstić information content (AvgIpc) is 2.29. The minimum atomic E-state index is -0.803. The Bertz CT molecular complexity index is 456. The zero-order chi connectivity index (χ0) is 13.5. The van der Waals surface area contributed by atoms with Crippen LogP contribution in [-0.2, 0) is 9.59 Å². The second kappa shape index (κ2) is 6.24. The van der Waals surface area contributed by atoms with Gasteiger partial charge < -0.3 is 22.1 Å². The van der Waals surface area contributed by atoms with Crippen LogP contribution in [0.3, 0.4) is 0 Å². The molecule has 1 rings (SSSR count). The molecule has 6 N–H and O–H groups in total. The van der Waals surface area contributed by atoms with Gasteiger partial charge in [0.2, 0.25) is 5.91 Å². The molecule has 0 heterocycles. The van der Waals surface area contributed by atoms with Gasteiger partial charge in [-0.1, -0.05) is 0 Å². The van der Waals surface area contributed by atoms with Crippen molar-refractivity contribution < 1.29 is 14.4 Å². The fourth-order valence-corrected chi connectivity index (χ4v) is 1.20. The smallest absolute Gasteiger partial charge is 0.312 e. The average molecular weight is 250 g/mol. The van der Waals surface area contributed by atoms with Crippen molar-refractivity contribution in [3.63, 3.8) is 0 Å². The van der Waals surface area contributed by atoms with E-state index in [1.807, 2.05) is 0 Å². The number of amides is 3. The second-order valence-corrected chi connectivity index (χ2v) is 3.60. The molecular weight excluding hydrogens is 236 g/mol. The Labute approximate surface area is 104 Å². The molecule has 7 heteroatoms. The van der Waals surface area contributed by atoms with E-state index in [2.05, 4.69) is 10.6 Å². The molecule has 0 aliphatic rings. The van der Waals surface area contributed by atoms with E-state index in [1.165, 1.54) is 0 Å². The third-order valence-electron chi connectivity index (χ3n) is 2.01. The number of rotatable bonds is 5. The van der Waals surface area contributed by atoms with Crippen LogP contribution in [0.1, 0.15) is 6.42 Å². The summed E-state index contributed by atoms with van der Waals surface area (Å²) in [5, 5.41) is 4.64. The lowest BCUT2D eigenvalue weighted by Gasteiger charge is -2.05.